The van der Waals surface area contributed by atoms with Gasteiger partial charge >= 0.3 is 0 Å². The van der Waals surface area contributed by atoms with Crippen LogP contribution in [0.5, 0.6) is 0 Å². The molecule has 0 radical (unpaired) electrons. The van der Waals surface area contributed by atoms with Crippen molar-refractivity contribution in [2.24, 2.45) is 5.92 Å². The van der Waals surface area contributed by atoms with Crippen molar-refractivity contribution >= 4 is 11.0 Å². The van der Waals surface area contributed by atoms with E-state index in [1.807, 2.05) is 20.8 Å². The zero-order valence-corrected chi connectivity index (χ0v) is 12.0. The fourth-order valence-electron chi connectivity index (χ4n) is 2.36. The smallest absolute Gasteiger partial charge is 0.0972 e. The normalized spacial score (nSPS) is 23.0. The molecule has 0 unspecified atom stereocenters. The van der Waals surface area contributed by atoms with Crippen molar-refractivity contribution in [3.05, 3.63) is 0 Å². The van der Waals surface area contributed by atoms with Crippen LogP contribution in [0.1, 0.15) is 66.2 Å². The molecular weight excluding hydrogens is 218 g/mol. The van der Waals surface area contributed by atoms with Gasteiger partial charge in [0.2, 0.25) is 0 Å². The van der Waals surface area contributed by atoms with Gasteiger partial charge in [0, 0.05) is 6.04 Å². The predicted molar refractivity (Wildman–Crippen MR) is 71.7 cm³/mol. The van der Waals surface area contributed by atoms with Crippen LogP contribution < -0.4 is 4.72 Å². The van der Waals surface area contributed by atoms with E-state index in [0.717, 1.165) is 12.3 Å². The molecule has 1 N–H and O–H groups in total. The van der Waals surface area contributed by atoms with E-state index in [4.69, 9.17) is 0 Å². The summed E-state index contributed by atoms with van der Waals surface area (Å²) in [6.45, 7) is 8.29. The van der Waals surface area contributed by atoms with E-state index in [9.17, 15) is 4.21 Å². The molecule has 0 aromatic rings. The van der Waals surface area contributed by atoms with Crippen molar-refractivity contribution in [3.63, 3.8) is 0 Å². The van der Waals surface area contributed by atoms with Gasteiger partial charge in [0.05, 0.1) is 15.7 Å². The molecule has 0 aromatic heterocycles. The van der Waals surface area contributed by atoms with Gasteiger partial charge in [-0.1, -0.05) is 26.2 Å². The first-order valence-electron chi connectivity index (χ1n) is 6.63. The molecule has 3 heteroatoms. The highest BCUT2D eigenvalue weighted by molar-refractivity contribution is 7.84. The Morgan fingerprint density at radius 2 is 1.81 bits per heavy atom. The summed E-state index contributed by atoms with van der Waals surface area (Å²) in [5.74, 6) is 0.741. The molecule has 0 aromatic carbocycles. The summed E-state index contributed by atoms with van der Waals surface area (Å²) in [7, 11) is -0.919. The van der Waals surface area contributed by atoms with Gasteiger partial charge in [-0.25, -0.2) is 8.93 Å². The SMILES string of the molecule is CC[C@H](N[S@@](=O)C(C)(C)C)C1CCCCC1. The molecule has 0 aliphatic heterocycles. The summed E-state index contributed by atoms with van der Waals surface area (Å²) in [5, 5.41) is 0. The van der Waals surface area contributed by atoms with Crippen molar-refractivity contribution in [2.75, 3.05) is 0 Å². The van der Waals surface area contributed by atoms with Gasteiger partial charge in [-0.15, -0.1) is 0 Å². The first-order valence-corrected chi connectivity index (χ1v) is 7.78. The topological polar surface area (TPSA) is 29.1 Å². The molecule has 16 heavy (non-hydrogen) atoms. The molecule has 0 bridgehead atoms. The van der Waals surface area contributed by atoms with Crippen LogP contribution in [0.15, 0.2) is 0 Å². The lowest BCUT2D eigenvalue weighted by Gasteiger charge is -2.32. The van der Waals surface area contributed by atoms with Gasteiger partial charge in [0.15, 0.2) is 0 Å². The molecule has 2 atom stereocenters. The van der Waals surface area contributed by atoms with E-state index in [-0.39, 0.29) is 4.75 Å². The molecule has 1 rings (SSSR count). The highest BCUT2D eigenvalue weighted by atomic mass is 32.2. The Balaban J connectivity index is 2.50. The molecule has 0 amide bonds. The largest absolute Gasteiger partial charge is 0.242 e. The molecule has 1 aliphatic rings. The van der Waals surface area contributed by atoms with Crippen LogP contribution in [0.4, 0.5) is 0 Å². The van der Waals surface area contributed by atoms with Crippen molar-refractivity contribution in [3.8, 4) is 0 Å². The van der Waals surface area contributed by atoms with Gasteiger partial charge in [-0.05, 0) is 46.0 Å². The van der Waals surface area contributed by atoms with Crippen LogP contribution in [-0.4, -0.2) is 15.0 Å². The molecule has 0 heterocycles. The fourth-order valence-corrected chi connectivity index (χ4v) is 3.35. The van der Waals surface area contributed by atoms with Crippen LogP contribution >= 0.6 is 0 Å². The Hall–Kier alpha value is 0.110. The fraction of sp³-hybridized carbons (Fsp3) is 1.00. The summed E-state index contributed by atoms with van der Waals surface area (Å²) in [4.78, 5) is 0. The second-order valence-corrected chi connectivity index (χ2v) is 7.91. The molecule has 1 saturated carbocycles. The molecule has 96 valence electrons. The van der Waals surface area contributed by atoms with E-state index in [1.165, 1.54) is 32.1 Å². The molecule has 1 fully saturated rings. The monoisotopic (exact) mass is 245 g/mol. The van der Waals surface area contributed by atoms with Crippen molar-refractivity contribution in [1.29, 1.82) is 0 Å². The van der Waals surface area contributed by atoms with Crippen molar-refractivity contribution < 1.29 is 4.21 Å². The number of hydrogen-bond acceptors (Lipinski definition) is 1. The quantitative estimate of drug-likeness (QED) is 0.808. The van der Waals surface area contributed by atoms with Crippen molar-refractivity contribution in [1.82, 2.24) is 4.72 Å². The molecule has 1 aliphatic carbocycles. The molecule has 2 nitrogen and oxygen atoms in total. The minimum Gasteiger partial charge on any atom is -0.242 e. The Bertz CT molecular complexity index is 229. The first kappa shape index (κ1) is 14.2. The Morgan fingerprint density at radius 3 is 2.25 bits per heavy atom. The van der Waals surface area contributed by atoms with Gasteiger partial charge < -0.3 is 0 Å². The second kappa shape index (κ2) is 6.15. The van der Waals surface area contributed by atoms with Crippen molar-refractivity contribution in [2.45, 2.75) is 77.0 Å². The predicted octanol–water partition coefficient (Wildman–Crippen LogP) is 3.40. The van der Waals surface area contributed by atoms with E-state index in [0.29, 0.717) is 6.04 Å². The maximum atomic E-state index is 12.1. The average molecular weight is 245 g/mol. The lowest BCUT2D eigenvalue weighted by molar-refractivity contribution is 0.287. The van der Waals surface area contributed by atoms with Gasteiger partial charge in [-0.3, -0.25) is 0 Å². The van der Waals surface area contributed by atoms with Crippen LogP contribution in [0.3, 0.4) is 0 Å². The Morgan fingerprint density at radius 1 is 1.25 bits per heavy atom. The van der Waals surface area contributed by atoms with Gasteiger partial charge in [-0.2, -0.15) is 0 Å². The lowest BCUT2D eigenvalue weighted by atomic mass is 9.83. The summed E-state index contributed by atoms with van der Waals surface area (Å²) in [6.07, 6.45) is 7.80. The molecular formula is C13H27NOS. The second-order valence-electron chi connectivity index (χ2n) is 5.91. The van der Waals surface area contributed by atoms with E-state index in [2.05, 4.69) is 11.6 Å². The maximum absolute atomic E-state index is 12.1. The van der Waals surface area contributed by atoms with Crippen LogP contribution in [-0.2, 0) is 11.0 Å². The highest BCUT2D eigenvalue weighted by Crippen LogP contribution is 2.28. The summed E-state index contributed by atoms with van der Waals surface area (Å²) >= 11 is 0. The van der Waals surface area contributed by atoms with Gasteiger partial charge in [0.25, 0.3) is 0 Å². The van der Waals surface area contributed by atoms with Gasteiger partial charge in [0.1, 0.15) is 0 Å². The zero-order valence-electron chi connectivity index (χ0n) is 11.2. The summed E-state index contributed by atoms with van der Waals surface area (Å²) in [6, 6.07) is 0.445. The minimum absolute atomic E-state index is 0.151. The number of hydrogen-bond donors (Lipinski definition) is 1. The minimum atomic E-state index is -0.919. The van der Waals surface area contributed by atoms with E-state index in [1.54, 1.807) is 0 Å². The summed E-state index contributed by atoms with van der Waals surface area (Å²) in [5.41, 5.74) is 0. The number of nitrogens with one attached hydrogen (secondary N) is 1. The highest BCUT2D eigenvalue weighted by Gasteiger charge is 2.27. The first-order chi connectivity index (χ1) is 7.45. The third-order valence-corrected chi connectivity index (χ3v) is 5.10. The molecule has 0 spiro atoms. The third kappa shape index (κ3) is 4.17. The zero-order chi connectivity index (χ0) is 12.2. The summed E-state index contributed by atoms with van der Waals surface area (Å²) < 4.78 is 15.3. The van der Waals surface area contributed by atoms with Crippen LogP contribution in [0.2, 0.25) is 0 Å². The molecule has 0 saturated heterocycles. The van der Waals surface area contributed by atoms with E-state index >= 15 is 0 Å². The Kier molecular flexibility index (Phi) is 5.45. The van der Waals surface area contributed by atoms with Crippen LogP contribution in [0.25, 0.3) is 0 Å². The maximum Gasteiger partial charge on any atom is 0.0972 e. The van der Waals surface area contributed by atoms with Crippen LogP contribution in [0, 0.1) is 5.92 Å². The number of rotatable bonds is 4. The standard InChI is InChI=1S/C13H27NOS/c1-5-12(11-9-7-6-8-10-11)14-16(15)13(2,3)4/h11-12,14H,5-10H2,1-4H3/t12-,16-/m0/s1. The average Bonchev–Trinajstić information content (AvgIpc) is 2.25. The lowest BCUT2D eigenvalue weighted by Crippen LogP contribution is -2.43. The van der Waals surface area contributed by atoms with E-state index < -0.39 is 11.0 Å². The Labute approximate surface area is 103 Å². The third-order valence-electron chi connectivity index (χ3n) is 3.47.